The maximum Gasteiger partial charge on any atom is 0.707 e. The maximum atomic E-state index is 8.98. The van der Waals surface area contributed by atoms with Crippen molar-refractivity contribution in [1.29, 1.82) is 0 Å². The SMILES string of the molecule is OB(O)Oc1ccc2c(c1)Oc1ccccc1N2c1ccccc1. The number of hydrogen-bond acceptors (Lipinski definition) is 5. The van der Waals surface area contributed by atoms with Gasteiger partial charge in [0.25, 0.3) is 0 Å². The number of para-hydroxylation sites is 3. The number of ether oxygens (including phenoxy) is 1. The van der Waals surface area contributed by atoms with Gasteiger partial charge >= 0.3 is 7.32 Å². The fourth-order valence-electron chi connectivity index (χ4n) is 2.79. The van der Waals surface area contributed by atoms with Crippen LogP contribution in [0.1, 0.15) is 0 Å². The van der Waals surface area contributed by atoms with E-state index in [4.69, 9.17) is 19.4 Å². The van der Waals surface area contributed by atoms with Crippen LogP contribution in [0.3, 0.4) is 0 Å². The summed E-state index contributed by atoms with van der Waals surface area (Å²) in [5.41, 5.74) is 2.79. The van der Waals surface area contributed by atoms with Gasteiger partial charge in [-0.2, -0.15) is 0 Å². The van der Waals surface area contributed by atoms with Crippen molar-refractivity contribution in [2.24, 2.45) is 0 Å². The van der Waals surface area contributed by atoms with Crippen LogP contribution in [-0.4, -0.2) is 17.4 Å². The van der Waals surface area contributed by atoms with Crippen molar-refractivity contribution in [2.45, 2.75) is 0 Å². The van der Waals surface area contributed by atoms with Crippen LogP contribution in [0, 0.1) is 0 Å². The lowest BCUT2D eigenvalue weighted by Crippen LogP contribution is -2.21. The van der Waals surface area contributed by atoms with Crippen LogP contribution < -0.4 is 14.3 Å². The first-order valence-corrected chi connectivity index (χ1v) is 7.51. The van der Waals surface area contributed by atoms with Crippen molar-refractivity contribution in [2.75, 3.05) is 4.90 Å². The van der Waals surface area contributed by atoms with Crippen LogP contribution >= 0.6 is 0 Å². The summed E-state index contributed by atoms with van der Waals surface area (Å²) in [7, 11) is -1.87. The van der Waals surface area contributed by atoms with Crippen LogP contribution in [0.25, 0.3) is 0 Å². The van der Waals surface area contributed by atoms with Gasteiger partial charge in [0.15, 0.2) is 11.5 Å². The molecule has 0 unspecified atom stereocenters. The fraction of sp³-hybridized carbons (Fsp3) is 0. The minimum absolute atomic E-state index is 0.316. The van der Waals surface area contributed by atoms with Crippen LogP contribution in [0.15, 0.2) is 72.8 Å². The molecule has 3 aromatic carbocycles. The van der Waals surface area contributed by atoms with Crippen molar-refractivity contribution in [3.8, 4) is 17.2 Å². The number of rotatable bonds is 3. The molecule has 0 aliphatic carbocycles. The van der Waals surface area contributed by atoms with E-state index in [2.05, 4.69) is 4.90 Å². The lowest BCUT2D eigenvalue weighted by Gasteiger charge is -2.33. The fourth-order valence-corrected chi connectivity index (χ4v) is 2.79. The number of fused-ring (bicyclic) bond motifs is 2. The van der Waals surface area contributed by atoms with Gasteiger partial charge in [-0.1, -0.05) is 30.3 Å². The van der Waals surface area contributed by atoms with Gasteiger partial charge < -0.3 is 24.3 Å². The molecule has 1 heterocycles. The molecule has 2 N–H and O–H groups in total. The highest BCUT2D eigenvalue weighted by atomic mass is 16.6. The van der Waals surface area contributed by atoms with Crippen LogP contribution in [0.2, 0.25) is 0 Å². The Hall–Kier alpha value is -2.96. The lowest BCUT2D eigenvalue weighted by molar-refractivity contribution is 0.287. The van der Waals surface area contributed by atoms with Crippen LogP contribution in [-0.2, 0) is 0 Å². The lowest BCUT2D eigenvalue weighted by atomic mass is 10.1. The molecule has 0 saturated carbocycles. The molecule has 0 fully saturated rings. The summed E-state index contributed by atoms with van der Waals surface area (Å²) in [6.45, 7) is 0. The summed E-state index contributed by atoms with van der Waals surface area (Å²) in [5, 5.41) is 18.0. The van der Waals surface area contributed by atoms with E-state index in [1.165, 1.54) is 0 Å². The van der Waals surface area contributed by atoms with Gasteiger partial charge in [-0.05, 0) is 36.4 Å². The molecule has 0 aromatic heterocycles. The van der Waals surface area contributed by atoms with E-state index in [0.29, 0.717) is 11.5 Å². The standard InChI is InChI=1S/C18H14BNO4/c21-19(22)24-14-10-11-16-18(12-14)23-17-9-5-4-8-15(17)20(16)13-6-2-1-3-7-13/h1-12,21-22H. The van der Waals surface area contributed by atoms with Gasteiger partial charge in [0.1, 0.15) is 5.75 Å². The second-order valence-electron chi connectivity index (χ2n) is 5.31. The zero-order valence-corrected chi connectivity index (χ0v) is 12.7. The van der Waals surface area contributed by atoms with Gasteiger partial charge in [0.05, 0.1) is 11.4 Å². The van der Waals surface area contributed by atoms with E-state index in [0.717, 1.165) is 22.8 Å². The highest BCUT2D eigenvalue weighted by molar-refractivity contribution is 6.33. The Morgan fingerprint density at radius 2 is 1.50 bits per heavy atom. The topological polar surface area (TPSA) is 62.2 Å². The van der Waals surface area contributed by atoms with Crippen molar-refractivity contribution < 1.29 is 19.4 Å². The molecule has 1 aliphatic rings. The zero-order valence-electron chi connectivity index (χ0n) is 12.7. The molecular formula is C18H14BNO4. The molecule has 0 amide bonds. The van der Waals surface area contributed by atoms with Gasteiger partial charge in [0.2, 0.25) is 0 Å². The first kappa shape index (κ1) is 14.6. The monoisotopic (exact) mass is 319 g/mol. The molecule has 118 valence electrons. The Labute approximate surface area is 139 Å². The summed E-state index contributed by atoms with van der Waals surface area (Å²) < 4.78 is 10.9. The van der Waals surface area contributed by atoms with Gasteiger partial charge in [-0.3, -0.25) is 0 Å². The highest BCUT2D eigenvalue weighted by Crippen LogP contribution is 2.50. The van der Waals surface area contributed by atoms with Gasteiger partial charge in [-0.25, -0.2) is 0 Å². The van der Waals surface area contributed by atoms with Crippen molar-refractivity contribution in [3.05, 3.63) is 72.8 Å². The molecule has 1 aliphatic heterocycles. The molecule has 0 saturated heterocycles. The van der Waals surface area contributed by atoms with E-state index in [9.17, 15) is 0 Å². The number of anilines is 3. The van der Waals surface area contributed by atoms with E-state index in [1.807, 2.05) is 60.7 Å². The van der Waals surface area contributed by atoms with Gasteiger partial charge in [0, 0.05) is 11.8 Å². The molecule has 5 nitrogen and oxygen atoms in total. The Bertz CT molecular complexity index is 870. The largest absolute Gasteiger partial charge is 0.707 e. The number of benzene rings is 3. The molecule has 3 aromatic rings. The Morgan fingerprint density at radius 3 is 2.29 bits per heavy atom. The predicted molar refractivity (Wildman–Crippen MR) is 92.0 cm³/mol. The third-order valence-electron chi connectivity index (χ3n) is 3.75. The van der Waals surface area contributed by atoms with Crippen molar-refractivity contribution in [1.82, 2.24) is 0 Å². The highest BCUT2D eigenvalue weighted by Gasteiger charge is 2.26. The molecule has 24 heavy (non-hydrogen) atoms. The average molecular weight is 319 g/mol. The predicted octanol–water partition coefficient (Wildman–Crippen LogP) is 3.61. The summed E-state index contributed by atoms with van der Waals surface area (Å²) in [5.74, 6) is 1.61. The van der Waals surface area contributed by atoms with Crippen molar-refractivity contribution >= 4 is 24.4 Å². The van der Waals surface area contributed by atoms with E-state index >= 15 is 0 Å². The minimum atomic E-state index is -1.87. The Morgan fingerprint density at radius 1 is 0.792 bits per heavy atom. The zero-order chi connectivity index (χ0) is 16.5. The molecule has 0 radical (unpaired) electrons. The second-order valence-corrected chi connectivity index (χ2v) is 5.31. The summed E-state index contributed by atoms with van der Waals surface area (Å²) in [6, 6.07) is 22.9. The Kier molecular flexibility index (Phi) is 3.61. The smallest absolute Gasteiger partial charge is 0.512 e. The maximum absolute atomic E-state index is 8.98. The second kappa shape index (κ2) is 5.92. The normalized spacial score (nSPS) is 12.0. The summed E-state index contributed by atoms with van der Waals surface area (Å²) in [4.78, 5) is 2.09. The van der Waals surface area contributed by atoms with E-state index in [1.54, 1.807) is 12.1 Å². The molecule has 6 heteroatoms. The average Bonchev–Trinajstić information content (AvgIpc) is 2.60. The molecule has 0 spiro atoms. The number of hydrogen-bond donors (Lipinski definition) is 2. The summed E-state index contributed by atoms with van der Waals surface area (Å²) in [6.07, 6.45) is 0. The third kappa shape index (κ3) is 2.58. The molecule has 4 rings (SSSR count). The quantitative estimate of drug-likeness (QED) is 0.565. The van der Waals surface area contributed by atoms with E-state index in [-0.39, 0.29) is 0 Å². The first-order chi connectivity index (χ1) is 11.7. The number of nitrogens with zero attached hydrogens (tertiary/aromatic N) is 1. The molecule has 0 bridgehead atoms. The van der Waals surface area contributed by atoms with Crippen LogP contribution in [0.5, 0.6) is 17.2 Å². The molecule has 0 atom stereocenters. The summed E-state index contributed by atoms with van der Waals surface area (Å²) >= 11 is 0. The minimum Gasteiger partial charge on any atom is -0.512 e. The van der Waals surface area contributed by atoms with Gasteiger partial charge in [-0.15, -0.1) is 0 Å². The first-order valence-electron chi connectivity index (χ1n) is 7.51. The molecular weight excluding hydrogens is 305 g/mol. The third-order valence-corrected chi connectivity index (χ3v) is 3.75. The van der Waals surface area contributed by atoms with E-state index < -0.39 is 7.32 Å². The van der Waals surface area contributed by atoms with Crippen LogP contribution in [0.4, 0.5) is 17.1 Å². The van der Waals surface area contributed by atoms with Crippen molar-refractivity contribution in [3.63, 3.8) is 0 Å². The Balaban J connectivity index is 1.85.